The number of rotatable bonds is 5. The van der Waals surface area contributed by atoms with Crippen molar-refractivity contribution >= 4 is 62.2 Å². The van der Waals surface area contributed by atoms with Crippen LogP contribution in [0.3, 0.4) is 0 Å². The van der Waals surface area contributed by atoms with Gasteiger partial charge in [-0.25, -0.2) is 4.90 Å². The second kappa shape index (κ2) is 8.74. The number of thioether (sulfide) groups is 1. The Balaban J connectivity index is 1.94. The monoisotopic (exact) mass is 477 g/mol. The minimum Gasteiger partial charge on any atom is -0.493 e. The Morgan fingerprint density at radius 1 is 1.32 bits per heavy atom. The summed E-state index contributed by atoms with van der Waals surface area (Å²) in [5.74, 6) is 2.89. The number of nitrogens with zero attached hydrogens (tertiary/aromatic N) is 1. The lowest BCUT2D eigenvalue weighted by Crippen LogP contribution is -2.27. The first-order chi connectivity index (χ1) is 13.4. The summed E-state index contributed by atoms with van der Waals surface area (Å²) in [4.78, 5) is 26.5. The summed E-state index contributed by atoms with van der Waals surface area (Å²) in [5, 5.41) is 0.0512. The molecule has 0 atom stereocenters. The van der Waals surface area contributed by atoms with Gasteiger partial charge in [0.2, 0.25) is 0 Å². The van der Waals surface area contributed by atoms with Gasteiger partial charge < -0.3 is 9.47 Å². The lowest BCUT2D eigenvalue weighted by molar-refractivity contribution is -0.113. The lowest BCUT2D eigenvalue weighted by atomic mass is 10.1. The number of benzene rings is 2. The number of anilines is 1. The molecule has 0 radical (unpaired) electrons. The fourth-order valence-electron chi connectivity index (χ4n) is 2.53. The second-order valence-corrected chi connectivity index (χ2v) is 7.81. The summed E-state index contributed by atoms with van der Waals surface area (Å²) >= 11 is 10.2. The van der Waals surface area contributed by atoms with Crippen LogP contribution in [-0.4, -0.2) is 24.9 Å². The molecule has 0 saturated carbocycles. The molecule has 1 fully saturated rings. The molecule has 1 aliphatic rings. The third-order valence-electron chi connectivity index (χ3n) is 3.71. The molecule has 2 aromatic rings. The minimum atomic E-state index is -0.417. The summed E-state index contributed by atoms with van der Waals surface area (Å²) in [6.07, 6.45) is 6.85. The number of methoxy groups -OCH3 is 1. The zero-order valence-corrected chi connectivity index (χ0v) is 17.7. The van der Waals surface area contributed by atoms with Gasteiger partial charge in [-0.2, -0.15) is 0 Å². The first-order valence-electron chi connectivity index (χ1n) is 7.92. The Kier molecular flexibility index (Phi) is 6.35. The van der Waals surface area contributed by atoms with Crippen molar-refractivity contribution in [3.05, 3.63) is 56.4 Å². The summed E-state index contributed by atoms with van der Waals surface area (Å²) in [6, 6.07) is 10.0. The van der Waals surface area contributed by atoms with E-state index in [4.69, 9.17) is 27.5 Å². The van der Waals surface area contributed by atoms with E-state index in [2.05, 4.69) is 21.9 Å². The predicted molar refractivity (Wildman–Crippen MR) is 115 cm³/mol. The molecule has 0 unspecified atom stereocenters. The van der Waals surface area contributed by atoms with Gasteiger partial charge in [0.05, 0.1) is 22.2 Å². The number of carbonyl (C=O) groups is 2. The average molecular weight is 479 g/mol. The topological polar surface area (TPSA) is 55.8 Å². The maximum absolute atomic E-state index is 12.8. The Labute approximate surface area is 179 Å². The normalized spacial score (nSPS) is 15.1. The average Bonchev–Trinajstić information content (AvgIpc) is 2.93. The van der Waals surface area contributed by atoms with Crippen LogP contribution in [0.2, 0.25) is 5.02 Å². The van der Waals surface area contributed by atoms with Gasteiger partial charge in [-0.3, -0.25) is 9.59 Å². The number of terminal acetylenes is 1. The summed E-state index contributed by atoms with van der Waals surface area (Å²) < 4.78 is 11.4. The van der Waals surface area contributed by atoms with Crippen molar-refractivity contribution in [2.75, 3.05) is 18.6 Å². The van der Waals surface area contributed by atoms with Crippen LogP contribution in [0.15, 0.2) is 45.8 Å². The van der Waals surface area contributed by atoms with Gasteiger partial charge in [0.15, 0.2) is 11.5 Å². The van der Waals surface area contributed by atoms with Crippen LogP contribution < -0.4 is 14.4 Å². The quantitative estimate of drug-likeness (QED) is 0.427. The van der Waals surface area contributed by atoms with E-state index in [1.807, 2.05) is 0 Å². The third kappa shape index (κ3) is 4.20. The van der Waals surface area contributed by atoms with Crippen LogP contribution in [0.1, 0.15) is 5.56 Å². The van der Waals surface area contributed by atoms with E-state index in [0.717, 1.165) is 16.7 Å². The fraction of sp³-hybridized carbons (Fsp3) is 0.100. The molecule has 0 N–H and O–H groups in total. The zero-order valence-electron chi connectivity index (χ0n) is 14.6. The molecule has 142 valence electrons. The van der Waals surface area contributed by atoms with Gasteiger partial charge in [0, 0.05) is 5.02 Å². The van der Waals surface area contributed by atoms with Crippen LogP contribution in [0, 0.1) is 12.3 Å². The number of hydrogen-bond acceptors (Lipinski definition) is 5. The van der Waals surface area contributed by atoms with Gasteiger partial charge in [-0.15, -0.1) is 6.42 Å². The van der Waals surface area contributed by atoms with E-state index < -0.39 is 11.1 Å². The SMILES string of the molecule is C#CCOc1c(Br)cc(C=C2SC(=O)N(c3cccc(Cl)c3)C2=O)cc1OC. The molecule has 28 heavy (non-hydrogen) atoms. The van der Waals surface area contributed by atoms with Crippen LogP contribution in [0.25, 0.3) is 6.08 Å². The van der Waals surface area contributed by atoms with Crippen LogP contribution in [0.4, 0.5) is 10.5 Å². The predicted octanol–water partition coefficient (Wildman–Crippen LogP) is 5.36. The Morgan fingerprint density at radius 3 is 2.79 bits per heavy atom. The Bertz CT molecular complexity index is 1030. The number of carbonyl (C=O) groups excluding carboxylic acids is 2. The highest BCUT2D eigenvalue weighted by Crippen LogP contribution is 2.40. The molecule has 2 aromatic carbocycles. The molecule has 1 saturated heterocycles. The molecule has 2 amide bonds. The first kappa shape index (κ1) is 20.3. The van der Waals surface area contributed by atoms with E-state index in [-0.39, 0.29) is 11.5 Å². The maximum Gasteiger partial charge on any atom is 0.298 e. The molecular weight excluding hydrogens is 466 g/mol. The van der Waals surface area contributed by atoms with E-state index in [9.17, 15) is 9.59 Å². The molecule has 8 heteroatoms. The lowest BCUT2D eigenvalue weighted by Gasteiger charge is -2.13. The first-order valence-corrected chi connectivity index (χ1v) is 9.90. The fourth-order valence-corrected chi connectivity index (χ4v) is 4.13. The van der Waals surface area contributed by atoms with Crippen molar-refractivity contribution in [3.63, 3.8) is 0 Å². The van der Waals surface area contributed by atoms with Crippen molar-refractivity contribution in [2.24, 2.45) is 0 Å². The highest BCUT2D eigenvalue weighted by atomic mass is 79.9. The highest BCUT2D eigenvalue weighted by molar-refractivity contribution is 9.10. The van der Waals surface area contributed by atoms with Gasteiger partial charge >= 0.3 is 0 Å². The molecule has 5 nitrogen and oxygen atoms in total. The minimum absolute atomic E-state index is 0.0901. The van der Waals surface area contributed by atoms with E-state index in [1.165, 1.54) is 7.11 Å². The number of ether oxygens (including phenoxy) is 2. The Hall–Kier alpha value is -2.40. The van der Waals surface area contributed by atoms with Crippen LogP contribution in [-0.2, 0) is 4.79 Å². The van der Waals surface area contributed by atoms with E-state index >= 15 is 0 Å². The van der Waals surface area contributed by atoms with Crippen molar-refractivity contribution in [1.82, 2.24) is 0 Å². The molecule has 0 bridgehead atoms. The van der Waals surface area contributed by atoms with Crippen molar-refractivity contribution in [2.45, 2.75) is 0 Å². The standard InChI is InChI=1S/C20H13BrClNO4S/c1-3-7-27-18-15(21)8-12(9-16(18)26-2)10-17-19(24)23(20(25)28-17)14-6-4-5-13(22)11-14/h1,4-6,8-11H,7H2,2H3. The van der Waals surface area contributed by atoms with Crippen LogP contribution in [0.5, 0.6) is 11.5 Å². The number of hydrogen-bond donors (Lipinski definition) is 0. The zero-order chi connectivity index (χ0) is 20.3. The molecule has 3 rings (SSSR count). The Morgan fingerprint density at radius 2 is 2.11 bits per heavy atom. The summed E-state index contributed by atoms with van der Waals surface area (Å²) in [5.41, 5.74) is 1.09. The van der Waals surface area contributed by atoms with Crippen molar-refractivity contribution < 1.29 is 19.1 Å². The smallest absolute Gasteiger partial charge is 0.298 e. The van der Waals surface area contributed by atoms with Crippen molar-refractivity contribution in [3.8, 4) is 23.8 Å². The van der Waals surface area contributed by atoms with Gasteiger partial charge in [-0.1, -0.05) is 23.6 Å². The van der Waals surface area contributed by atoms with Gasteiger partial charge in [0.1, 0.15) is 6.61 Å². The molecule has 1 aliphatic heterocycles. The summed E-state index contributed by atoms with van der Waals surface area (Å²) in [6.45, 7) is 0.0901. The molecular formula is C20H13BrClNO4S. The molecule has 0 aromatic heterocycles. The number of imide groups is 1. The van der Waals surface area contributed by atoms with Crippen molar-refractivity contribution in [1.29, 1.82) is 0 Å². The van der Waals surface area contributed by atoms with Gasteiger partial charge in [-0.05, 0) is 69.7 Å². The van der Waals surface area contributed by atoms with E-state index in [0.29, 0.717) is 32.2 Å². The highest BCUT2D eigenvalue weighted by Gasteiger charge is 2.36. The van der Waals surface area contributed by atoms with Crippen LogP contribution >= 0.6 is 39.3 Å². The molecule has 1 heterocycles. The molecule has 0 spiro atoms. The van der Waals surface area contributed by atoms with E-state index in [1.54, 1.807) is 42.5 Å². The third-order valence-corrected chi connectivity index (χ3v) is 5.40. The second-order valence-electron chi connectivity index (χ2n) is 5.52. The van der Waals surface area contributed by atoms with Gasteiger partial charge in [0.25, 0.3) is 11.1 Å². The molecule has 0 aliphatic carbocycles. The number of halogens is 2. The summed E-state index contributed by atoms with van der Waals surface area (Å²) in [7, 11) is 1.50. The largest absolute Gasteiger partial charge is 0.493 e. The number of amides is 2. The maximum atomic E-state index is 12.8.